The van der Waals surface area contributed by atoms with Gasteiger partial charge in [0, 0.05) is 5.92 Å². The number of carbonyl (C=O) groups excluding carboxylic acids is 1. The Kier molecular flexibility index (Phi) is 1.93. The molecule has 2 rings (SSSR count). The predicted molar refractivity (Wildman–Crippen MR) is 48.0 cm³/mol. The smallest absolute Gasteiger partial charge is 0.238 e. The third-order valence-electron chi connectivity index (χ3n) is 2.32. The molecule has 1 aliphatic carbocycles. The van der Waals surface area contributed by atoms with Gasteiger partial charge in [0.25, 0.3) is 0 Å². The first-order valence-electron chi connectivity index (χ1n) is 4.07. The Bertz CT molecular complexity index is 259. The first-order chi connectivity index (χ1) is 5.77. The van der Waals surface area contributed by atoms with Crippen LogP contribution >= 0.6 is 11.6 Å². The summed E-state index contributed by atoms with van der Waals surface area (Å²) in [5.41, 5.74) is 0. The van der Waals surface area contributed by atoms with Crippen LogP contribution in [0.3, 0.4) is 0 Å². The average Bonchev–Trinajstić information content (AvgIpc) is 2.07. The van der Waals surface area contributed by atoms with Crippen molar-refractivity contribution in [2.24, 2.45) is 5.92 Å². The third-order valence-corrected chi connectivity index (χ3v) is 2.70. The van der Waals surface area contributed by atoms with Crippen molar-refractivity contribution < 1.29 is 4.79 Å². The minimum atomic E-state index is -0.359. The Morgan fingerprint density at radius 3 is 3.00 bits per heavy atom. The van der Waals surface area contributed by atoms with E-state index < -0.39 is 0 Å². The number of hydrogen-bond acceptors (Lipinski definition) is 1. The van der Waals surface area contributed by atoms with E-state index in [9.17, 15) is 4.79 Å². The maximum absolute atomic E-state index is 11.1. The van der Waals surface area contributed by atoms with Gasteiger partial charge in [-0.3, -0.25) is 4.79 Å². The lowest BCUT2D eigenvalue weighted by Gasteiger charge is -2.32. The van der Waals surface area contributed by atoms with E-state index in [0.29, 0.717) is 5.92 Å². The van der Waals surface area contributed by atoms with Crippen molar-refractivity contribution in [3.63, 3.8) is 0 Å². The molecule has 0 bridgehead atoms. The first kappa shape index (κ1) is 7.87. The van der Waals surface area contributed by atoms with Crippen LogP contribution in [0.25, 0.3) is 0 Å². The molecule has 1 amide bonds. The molecule has 2 aliphatic rings. The van der Waals surface area contributed by atoms with Gasteiger partial charge in [-0.05, 0) is 6.42 Å². The van der Waals surface area contributed by atoms with E-state index in [2.05, 4.69) is 11.4 Å². The predicted octanol–water partition coefficient (Wildman–Crippen LogP) is 1.22. The second kappa shape index (κ2) is 2.94. The van der Waals surface area contributed by atoms with Crippen LogP contribution < -0.4 is 5.32 Å². The second-order valence-electron chi connectivity index (χ2n) is 3.17. The zero-order valence-electron chi connectivity index (χ0n) is 6.53. The van der Waals surface area contributed by atoms with Crippen LogP contribution in [0.15, 0.2) is 24.3 Å². The van der Waals surface area contributed by atoms with Gasteiger partial charge in [-0.25, -0.2) is 0 Å². The zero-order valence-corrected chi connectivity index (χ0v) is 7.29. The molecule has 3 unspecified atom stereocenters. The van der Waals surface area contributed by atoms with Gasteiger partial charge in [-0.1, -0.05) is 24.3 Å². The molecule has 1 fully saturated rings. The lowest BCUT2D eigenvalue weighted by atomic mass is 9.87. The number of allylic oxidation sites excluding steroid dienone is 2. The third kappa shape index (κ3) is 1.27. The molecule has 1 saturated heterocycles. The summed E-state index contributed by atoms with van der Waals surface area (Å²) in [7, 11) is 0. The van der Waals surface area contributed by atoms with Crippen LogP contribution in [-0.4, -0.2) is 17.3 Å². The quantitative estimate of drug-likeness (QED) is 0.563. The molecule has 0 aromatic carbocycles. The molecule has 0 saturated carbocycles. The van der Waals surface area contributed by atoms with Crippen LogP contribution in [-0.2, 0) is 4.79 Å². The van der Waals surface area contributed by atoms with E-state index in [1.165, 1.54) is 0 Å². The topological polar surface area (TPSA) is 29.1 Å². The highest BCUT2D eigenvalue weighted by molar-refractivity contribution is 6.31. The highest BCUT2D eigenvalue weighted by Gasteiger charge is 2.32. The number of nitrogens with one attached hydrogen (secondary N) is 1. The van der Waals surface area contributed by atoms with Crippen LogP contribution in [0.1, 0.15) is 6.42 Å². The maximum atomic E-state index is 11.1. The monoisotopic (exact) mass is 183 g/mol. The Hall–Kier alpha value is -0.760. The first-order valence-corrected chi connectivity index (χ1v) is 4.50. The highest BCUT2D eigenvalue weighted by Crippen LogP contribution is 2.25. The van der Waals surface area contributed by atoms with Crippen molar-refractivity contribution in [3.8, 4) is 0 Å². The van der Waals surface area contributed by atoms with E-state index in [1.807, 2.05) is 18.2 Å². The second-order valence-corrected chi connectivity index (χ2v) is 3.70. The van der Waals surface area contributed by atoms with Crippen molar-refractivity contribution in [2.75, 3.05) is 0 Å². The summed E-state index contributed by atoms with van der Waals surface area (Å²) in [6, 6.07) is 0.164. The minimum Gasteiger partial charge on any atom is -0.348 e. The molecule has 0 aromatic heterocycles. The fourth-order valence-corrected chi connectivity index (χ4v) is 1.90. The Balaban J connectivity index is 2.14. The normalized spacial score (nSPS) is 39.1. The molecule has 3 atom stereocenters. The number of rotatable bonds is 0. The molecular weight excluding hydrogens is 174 g/mol. The molecule has 0 aromatic rings. The summed E-state index contributed by atoms with van der Waals surface area (Å²) in [5, 5.41) is 2.50. The van der Waals surface area contributed by atoms with E-state index in [-0.39, 0.29) is 17.3 Å². The van der Waals surface area contributed by atoms with Crippen LogP contribution in [0.5, 0.6) is 0 Å². The molecule has 3 heteroatoms. The summed E-state index contributed by atoms with van der Waals surface area (Å²) in [6.45, 7) is 0. The van der Waals surface area contributed by atoms with Gasteiger partial charge in [-0.15, -0.1) is 11.6 Å². The van der Waals surface area contributed by atoms with Gasteiger partial charge in [0.1, 0.15) is 5.38 Å². The van der Waals surface area contributed by atoms with E-state index >= 15 is 0 Å². The molecular formula is C9H10ClNO. The SMILES string of the molecule is O=C1NC2C=CC=CC2CC1Cl. The van der Waals surface area contributed by atoms with E-state index in [0.717, 1.165) is 6.42 Å². The molecule has 1 heterocycles. The molecule has 0 radical (unpaired) electrons. The fourth-order valence-electron chi connectivity index (χ4n) is 1.63. The van der Waals surface area contributed by atoms with Crippen LogP contribution in [0.2, 0.25) is 0 Å². The Morgan fingerprint density at radius 1 is 1.42 bits per heavy atom. The van der Waals surface area contributed by atoms with Gasteiger partial charge >= 0.3 is 0 Å². The Labute approximate surface area is 76.3 Å². The van der Waals surface area contributed by atoms with Crippen LogP contribution in [0.4, 0.5) is 0 Å². The lowest BCUT2D eigenvalue weighted by Crippen LogP contribution is -2.49. The maximum Gasteiger partial charge on any atom is 0.238 e. The largest absolute Gasteiger partial charge is 0.348 e. The van der Waals surface area contributed by atoms with Gasteiger partial charge in [0.05, 0.1) is 6.04 Å². The number of alkyl halides is 1. The number of carbonyl (C=O) groups is 1. The average molecular weight is 184 g/mol. The molecule has 0 spiro atoms. The van der Waals surface area contributed by atoms with Crippen molar-refractivity contribution >= 4 is 17.5 Å². The van der Waals surface area contributed by atoms with Crippen molar-refractivity contribution in [2.45, 2.75) is 17.8 Å². The summed E-state index contributed by atoms with van der Waals surface area (Å²) in [6.07, 6.45) is 8.81. The van der Waals surface area contributed by atoms with Gasteiger partial charge in [0.2, 0.25) is 5.91 Å². The molecule has 12 heavy (non-hydrogen) atoms. The number of piperidine rings is 1. The zero-order chi connectivity index (χ0) is 8.55. The van der Waals surface area contributed by atoms with Crippen molar-refractivity contribution in [3.05, 3.63) is 24.3 Å². The number of fused-ring (bicyclic) bond motifs is 1. The number of hydrogen-bond donors (Lipinski definition) is 1. The van der Waals surface area contributed by atoms with Crippen LogP contribution in [0, 0.1) is 5.92 Å². The van der Waals surface area contributed by atoms with Crippen molar-refractivity contribution in [1.82, 2.24) is 5.32 Å². The summed E-state index contributed by atoms with van der Waals surface area (Å²) >= 11 is 5.82. The lowest BCUT2D eigenvalue weighted by molar-refractivity contribution is -0.123. The van der Waals surface area contributed by atoms with Gasteiger partial charge < -0.3 is 5.32 Å². The summed E-state index contributed by atoms with van der Waals surface area (Å²) < 4.78 is 0. The number of halogens is 1. The molecule has 64 valence electrons. The molecule has 1 aliphatic heterocycles. The molecule has 2 nitrogen and oxygen atoms in total. The standard InChI is InChI=1S/C9H10ClNO/c10-7-5-6-3-1-2-4-8(6)11-9(7)12/h1-4,6-8H,5H2,(H,11,12). The van der Waals surface area contributed by atoms with Gasteiger partial charge in [0.15, 0.2) is 0 Å². The number of amides is 1. The fraction of sp³-hybridized carbons (Fsp3) is 0.444. The minimum absolute atomic E-state index is 0.0436. The highest BCUT2D eigenvalue weighted by atomic mass is 35.5. The van der Waals surface area contributed by atoms with Crippen molar-refractivity contribution in [1.29, 1.82) is 0 Å². The Morgan fingerprint density at radius 2 is 2.17 bits per heavy atom. The summed E-state index contributed by atoms with van der Waals surface area (Å²) in [5.74, 6) is 0.341. The van der Waals surface area contributed by atoms with Gasteiger partial charge in [-0.2, -0.15) is 0 Å². The van der Waals surface area contributed by atoms with E-state index in [1.54, 1.807) is 0 Å². The van der Waals surface area contributed by atoms with E-state index in [4.69, 9.17) is 11.6 Å². The summed E-state index contributed by atoms with van der Waals surface area (Å²) in [4.78, 5) is 11.1. The molecule has 1 N–H and O–H groups in total.